The molecule has 1 saturated carbocycles. The lowest BCUT2D eigenvalue weighted by Crippen LogP contribution is -2.46. The fraction of sp³-hybridized carbons (Fsp3) is 0.533. The van der Waals surface area contributed by atoms with Gasteiger partial charge in [0.05, 0.1) is 0 Å². The van der Waals surface area contributed by atoms with Gasteiger partial charge in [0.1, 0.15) is 5.82 Å². The van der Waals surface area contributed by atoms with E-state index in [9.17, 15) is 9.18 Å². The molecule has 18 heavy (non-hydrogen) atoms. The molecule has 0 bridgehead atoms. The van der Waals surface area contributed by atoms with E-state index in [1.165, 1.54) is 6.07 Å². The third-order valence-corrected chi connectivity index (χ3v) is 4.81. The Morgan fingerprint density at radius 2 is 2.22 bits per heavy atom. The van der Waals surface area contributed by atoms with Gasteiger partial charge in [-0.1, -0.05) is 18.6 Å². The number of carboxylic acid groups (broad SMARTS) is 1. The van der Waals surface area contributed by atoms with Crippen LogP contribution >= 0.6 is 0 Å². The first-order valence-electron chi connectivity index (χ1n) is 6.63. The second-order valence-electron chi connectivity index (χ2n) is 5.62. The monoisotopic (exact) mass is 248 g/mol. The number of carbonyl (C=O) groups is 1. The Kier molecular flexibility index (Phi) is 2.65. The molecule has 96 valence electrons. The molecule has 1 aromatic carbocycles. The Balaban J connectivity index is 2.05. The van der Waals surface area contributed by atoms with Gasteiger partial charge in [0.2, 0.25) is 0 Å². The van der Waals surface area contributed by atoms with Gasteiger partial charge in [0.25, 0.3) is 0 Å². The molecule has 1 N–H and O–H groups in total. The molecule has 0 aromatic heterocycles. The molecule has 2 aliphatic carbocycles. The van der Waals surface area contributed by atoms with Crippen molar-refractivity contribution in [3.8, 4) is 0 Å². The van der Waals surface area contributed by atoms with Crippen LogP contribution in [-0.4, -0.2) is 11.1 Å². The Bertz CT molecular complexity index is 491. The summed E-state index contributed by atoms with van der Waals surface area (Å²) in [7, 11) is 0. The Labute approximate surface area is 106 Å². The number of aliphatic carboxylic acids is 1. The first-order chi connectivity index (χ1) is 8.63. The predicted octanol–water partition coefficient (Wildman–Crippen LogP) is 3.28. The van der Waals surface area contributed by atoms with Crippen LogP contribution in [0.2, 0.25) is 0 Å². The van der Waals surface area contributed by atoms with E-state index in [1.54, 1.807) is 6.07 Å². The van der Waals surface area contributed by atoms with Crippen molar-refractivity contribution in [1.29, 1.82) is 0 Å². The summed E-state index contributed by atoms with van der Waals surface area (Å²) in [5, 5.41) is 9.04. The molecule has 1 atom stereocenters. The molecule has 0 amide bonds. The third-order valence-electron chi connectivity index (χ3n) is 4.81. The van der Waals surface area contributed by atoms with Crippen molar-refractivity contribution in [2.24, 2.45) is 5.92 Å². The first-order valence-corrected chi connectivity index (χ1v) is 6.63. The smallest absolute Gasteiger partial charge is 0.303 e. The van der Waals surface area contributed by atoms with Crippen LogP contribution in [0.25, 0.3) is 0 Å². The van der Waals surface area contributed by atoms with E-state index in [1.807, 2.05) is 6.07 Å². The zero-order valence-electron chi connectivity index (χ0n) is 10.3. The van der Waals surface area contributed by atoms with Crippen LogP contribution in [0.1, 0.15) is 43.2 Å². The lowest BCUT2D eigenvalue weighted by atomic mass is 9.52. The molecular formula is C15H17FO2. The van der Waals surface area contributed by atoms with Crippen molar-refractivity contribution in [3.05, 3.63) is 35.1 Å². The lowest BCUT2D eigenvalue weighted by molar-refractivity contribution is -0.139. The molecule has 1 aromatic rings. The van der Waals surface area contributed by atoms with Crippen LogP contribution in [0.15, 0.2) is 18.2 Å². The van der Waals surface area contributed by atoms with Crippen LogP contribution in [0.5, 0.6) is 0 Å². The Morgan fingerprint density at radius 3 is 2.83 bits per heavy atom. The highest BCUT2D eigenvalue weighted by Crippen LogP contribution is 2.56. The highest BCUT2D eigenvalue weighted by molar-refractivity contribution is 5.67. The SMILES string of the molecule is O=C(O)CC1CCc2cccc(F)c2C12CCC2. The van der Waals surface area contributed by atoms with Gasteiger partial charge in [0.15, 0.2) is 0 Å². The number of rotatable bonds is 2. The summed E-state index contributed by atoms with van der Waals surface area (Å²) >= 11 is 0. The summed E-state index contributed by atoms with van der Waals surface area (Å²) in [6.07, 6.45) is 4.84. The number of carboxylic acids is 1. The minimum absolute atomic E-state index is 0.105. The minimum atomic E-state index is -0.758. The minimum Gasteiger partial charge on any atom is -0.481 e. The Morgan fingerprint density at radius 1 is 1.44 bits per heavy atom. The molecule has 0 aliphatic heterocycles. The van der Waals surface area contributed by atoms with Gasteiger partial charge in [0, 0.05) is 11.8 Å². The summed E-state index contributed by atoms with van der Waals surface area (Å²) in [6, 6.07) is 5.27. The normalized spacial score (nSPS) is 24.4. The van der Waals surface area contributed by atoms with Crippen molar-refractivity contribution >= 4 is 5.97 Å². The van der Waals surface area contributed by atoms with Crippen molar-refractivity contribution in [2.75, 3.05) is 0 Å². The fourth-order valence-electron chi connectivity index (χ4n) is 3.87. The van der Waals surface area contributed by atoms with E-state index in [0.29, 0.717) is 0 Å². The van der Waals surface area contributed by atoms with E-state index >= 15 is 0 Å². The highest BCUT2D eigenvalue weighted by Gasteiger charge is 2.50. The van der Waals surface area contributed by atoms with Gasteiger partial charge in [-0.2, -0.15) is 0 Å². The standard InChI is InChI=1S/C15H17FO2/c16-12-4-1-3-10-5-6-11(9-13(17)18)15(14(10)12)7-2-8-15/h1,3-4,11H,2,5-9H2,(H,17,18). The van der Waals surface area contributed by atoms with Crippen molar-refractivity contribution in [1.82, 2.24) is 0 Å². The van der Waals surface area contributed by atoms with E-state index in [2.05, 4.69) is 0 Å². The van der Waals surface area contributed by atoms with Gasteiger partial charge < -0.3 is 5.11 Å². The molecule has 0 radical (unpaired) electrons. The molecule has 3 heteroatoms. The topological polar surface area (TPSA) is 37.3 Å². The molecule has 1 unspecified atom stereocenters. The average Bonchev–Trinajstić information content (AvgIpc) is 2.26. The van der Waals surface area contributed by atoms with Gasteiger partial charge in [-0.25, -0.2) is 4.39 Å². The third kappa shape index (κ3) is 1.57. The van der Waals surface area contributed by atoms with Gasteiger partial charge >= 0.3 is 5.97 Å². The van der Waals surface area contributed by atoms with Gasteiger partial charge in [-0.3, -0.25) is 4.79 Å². The zero-order valence-corrected chi connectivity index (χ0v) is 10.3. The van der Waals surface area contributed by atoms with Crippen molar-refractivity contribution < 1.29 is 14.3 Å². The van der Waals surface area contributed by atoms with Crippen LogP contribution in [-0.2, 0) is 16.6 Å². The van der Waals surface area contributed by atoms with Crippen molar-refractivity contribution in [3.63, 3.8) is 0 Å². The maximum Gasteiger partial charge on any atom is 0.303 e. The molecular weight excluding hydrogens is 231 g/mol. The van der Waals surface area contributed by atoms with Crippen LogP contribution in [0, 0.1) is 11.7 Å². The number of benzene rings is 1. The van der Waals surface area contributed by atoms with Crippen LogP contribution in [0.4, 0.5) is 4.39 Å². The van der Waals surface area contributed by atoms with E-state index in [-0.39, 0.29) is 23.6 Å². The molecule has 1 fully saturated rings. The quantitative estimate of drug-likeness (QED) is 0.872. The predicted molar refractivity (Wildman–Crippen MR) is 66.0 cm³/mol. The maximum absolute atomic E-state index is 14.2. The van der Waals surface area contributed by atoms with E-state index < -0.39 is 5.97 Å². The number of hydrogen-bond donors (Lipinski definition) is 1. The van der Waals surface area contributed by atoms with Gasteiger partial charge in [-0.15, -0.1) is 0 Å². The molecule has 0 heterocycles. The van der Waals surface area contributed by atoms with Gasteiger partial charge in [-0.05, 0) is 48.8 Å². The molecule has 0 saturated heterocycles. The summed E-state index contributed by atoms with van der Waals surface area (Å²) in [4.78, 5) is 11.0. The summed E-state index contributed by atoms with van der Waals surface area (Å²) in [5.74, 6) is -0.790. The Hall–Kier alpha value is -1.38. The number of fused-ring (bicyclic) bond motifs is 2. The van der Waals surface area contributed by atoms with Crippen LogP contribution in [0.3, 0.4) is 0 Å². The second-order valence-corrected chi connectivity index (χ2v) is 5.62. The first kappa shape index (κ1) is 11.7. The summed E-state index contributed by atoms with van der Waals surface area (Å²) < 4.78 is 14.2. The van der Waals surface area contributed by atoms with E-state index in [4.69, 9.17) is 5.11 Å². The lowest BCUT2D eigenvalue weighted by Gasteiger charge is -2.51. The number of halogens is 1. The highest BCUT2D eigenvalue weighted by atomic mass is 19.1. The molecule has 1 spiro atoms. The van der Waals surface area contributed by atoms with E-state index in [0.717, 1.165) is 43.2 Å². The second kappa shape index (κ2) is 4.08. The number of hydrogen-bond acceptors (Lipinski definition) is 1. The van der Waals surface area contributed by atoms with Crippen LogP contribution < -0.4 is 0 Å². The summed E-state index contributed by atoms with van der Waals surface area (Å²) in [5.41, 5.74) is 1.74. The molecule has 2 aliphatic rings. The summed E-state index contributed by atoms with van der Waals surface area (Å²) in [6.45, 7) is 0. The zero-order chi connectivity index (χ0) is 12.8. The molecule has 3 rings (SSSR count). The largest absolute Gasteiger partial charge is 0.481 e. The average molecular weight is 248 g/mol. The molecule has 2 nitrogen and oxygen atoms in total. The maximum atomic E-state index is 14.2. The fourth-order valence-corrected chi connectivity index (χ4v) is 3.87. The van der Waals surface area contributed by atoms with Crippen molar-refractivity contribution in [2.45, 2.75) is 43.9 Å². The number of aryl methyl sites for hydroxylation is 1.